The molecule has 3 N–H and O–H groups in total. The minimum Gasteiger partial charge on any atom is -0.322 e. The zero-order chi connectivity index (χ0) is 10.7. The van der Waals surface area contributed by atoms with E-state index >= 15 is 0 Å². The molecule has 14 heavy (non-hydrogen) atoms. The van der Waals surface area contributed by atoms with Gasteiger partial charge in [0.05, 0.1) is 17.3 Å². The van der Waals surface area contributed by atoms with Crippen LogP contribution in [0.25, 0.3) is 0 Å². The maximum Gasteiger partial charge on any atom is 0.238 e. The highest BCUT2D eigenvalue weighted by Crippen LogP contribution is 2.25. The highest BCUT2D eigenvalue weighted by atomic mass is 35.5. The van der Waals surface area contributed by atoms with Crippen molar-refractivity contribution in [2.24, 2.45) is 5.73 Å². The molecule has 0 aromatic heterocycles. The van der Waals surface area contributed by atoms with Crippen LogP contribution in [-0.2, 0) is 4.79 Å². The second-order valence-corrected chi connectivity index (χ2v) is 3.19. The lowest BCUT2D eigenvalue weighted by molar-refractivity contribution is -0.114. The van der Waals surface area contributed by atoms with E-state index in [-0.39, 0.29) is 17.3 Å². The van der Waals surface area contributed by atoms with Crippen molar-refractivity contribution >= 4 is 23.2 Å². The summed E-state index contributed by atoms with van der Waals surface area (Å²) in [4.78, 5) is 10.9. The van der Waals surface area contributed by atoms with Crippen molar-refractivity contribution in [2.75, 3.05) is 11.9 Å². The number of anilines is 1. The van der Waals surface area contributed by atoms with E-state index < -0.39 is 11.7 Å². The van der Waals surface area contributed by atoms with E-state index in [9.17, 15) is 9.18 Å². The predicted octanol–water partition coefficient (Wildman–Crippen LogP) is 1.68. The molecule has 1 aromatic carbocycles. The van der Waals surface area contributed by atoms with Gasteiger partial charge >= 0.3 is 0 Å². The quantitative estimate of drug-likeness (QED) is 0.791. The second kappa shape index (κ2) is 4.39. The summed E-state index contributed by atoms with van der Waals surface area (Å²) < 4.78 is 13.4. The summed E-state index contributed by atoms with van der Waals surface area (Å²) in [6.45, 7) is 1.49. The monoisotopic (exact) mass is 216 g/mol. The molecule has 1 aromatic rings. The van der Waals surface area contributed by atoms with Crippen LogP contribution in [0.2, 0.25) is 5.02 Å². The maximum absolute atomic E-state index is 13.4. The topological polar surface area (TPSA) is 55.1 Å². The predicted molar refractivity (Wildman–Crippen MR) is 53.8 cm³/mol. The van der Waals surface area contributed by atoms with Gasteiger partial charge in [0.25, 0.3) is 0 Å². The molecule has 5 heteroatoms. The number of hydrogen-bond acceptors (Lipinski definition) is 2. The standard InChI is InChI=1S/C9H10ClFN2O/c1-5-2-3-6(9(11)8(5)10)13-7(14)4-12/h2-3H,4,12H2,1H3,(H,13,14). The minimum absolute atomic E-state index is 0.0137. The van der Waals surface area contributed by atoms with Crippen LogP contribution in [0, 0.1) is 12.7 Å². The first-order chi connectivity index (χ1) is 6.56. The molecule has 0 spiro atoms. The van der Waals surface area contributed by atoms with Crippen molar-refractivity contribution in [3.8, 4) is 0 Å². The van der Waals surface area contributed by atoms with Crippen molar-refractivity contribution in [3.63, 3.8) is 0 Å². The number of amides is 1. The van der Waals surface area contributed by atoms with Crippen molar-refractivity contribution in [3.05, 3.63) is 28.5 Å². The van der Waals surface area contributed by atoms with E-state index in [0.717, 1.165) is 0 Å². The van der Waals surface area contributed by atoms with Crippen LogP contribution in [0.4, 0.5) is 10.1 Å². The lowest BCUT2D eigenvalue weighted by atomic mass is 10.2. The fourth-order valence-electron chi connectivity index (χ4n) is 0.944. The molecule has 1 rings (SSSR count). The molecule has 0 fully saturated rings. The lowest BCUT2D eigenvalue weighted by Gasteiger charge is -2.07. The third kappa shape index (κ3) is 2.21. The van der Waals surface area contributed by atoms with E-state index in [1.165, 1.54) is 6.07 Å². The summed E-state index contributed by atoms with van der Waals surface area (Å²) in [6, 6.07) is 3.07. The Balaban J connectivity index is 3.00. The molecule has 0 bridgehead atoms. The van der Waals surface area contributed by atoms with Gasteiger partial charge in [-0.25, -0.2) is 4.39 Å². The summed E-state index contributed by atoms with van der Waals surface area (Å²) in [5.41, 5.74) is 5.74. The fraction of sp³-hybridized carbons (Fsp3) is 0.222. The fourth-order valence-corrected chi connectivity index (χ4v) is 1.11. The Labute approximate surface area is 86.0 Å². The molecule has 1 amide bonds. The van der Waals surface area contributed by atoms with Crippen LogP contribution in [0.15, 0.2) is 12.1 Å². The molecule has 0 unspecified atom stereocenters. The van der Waals surface area contributed by atoms with Crippen LogP contribution >= 0.6 is 11.6 Å². The Hall–Kier alpha value is -1.13. The highest BCUT2D eigenvalue weighted by Gasteiger charge is 2.10. The molecule has 0 saturated carbocycles. The van der Waals surface area contributed by atoms with E-state index in [0.29, 0.717) is 5.56 Å². The van der Waals surface area contributed by atoms with Crippen molar-refractivity contribution in [1.82, 2.24) is 0 Å². The first-order valence-corrected chi connectivity index (χ1v) is 4.38. The van der Waals surface area contributed by atoms with Gasteiger partial charge in [0, 0.05) is 0 Å². The van der Waals surface area contributed by atoms with Gasteiger partial charge < -0.3 is 11.1 Å². The van der Waals surface area contributed by atoms with E-state index in [4.69, 9.17) is 17.3 Å². The summed E-state index contributed by atoms with van der Waals surface area (Å²) in [6.07, 6.45) is 0. The number of nitrogens with two attached hydrogens (primary N) is 1. The van der Waals surface area contributed by atoms with Crippen LogP contribution in [0.1, 0.15) is 5.56 Å². The Morgan fingerprint density at radius 1 is 1.64 bits per heavy atom. The van der Waals surface area contributed by atoms with Crippen LogP contribution < -0.4 is 11.1 Å². The lowest BCUT2D eigenvalue weighted by Crippen LogP contribution is -2.22. The highest BCUT2D eigenvalue weighted by molar-refractivity contribution is 6.31. The molecular weight excluding hydrogens is 207 g/mol. The van der Waals surface area contributed by atoms with E-state index in [1.54, 1.807) is 13.0 Å². The summed E-state index contributed by atoms with van der Waals surface area (Å²) in [7, 11) is 0. The number of benzene rings is 1. The first kappa shape index (κ1) is 10.9. The van der Waals surface area contributed by atoms with Crippen LogP contribution in [-0.4, -0.2) is 12.5 Å². The molecular formula is C9H10ClFN2O. The van der Waals surface area contributed by atoms with Gasteiger partial charge in [-0.15, -0.1) is 0 Å². The molecule has 0 saturated heterocycles. The molecule has 0 aliphatic carbocycles. The van der Waals surface area contributed by atoms with Gasteiger partial charge in [0.2, 0.25) is 5.91 Å². The van der Waals surface area contributed by atoms with Gasteiger partial charge in [-0.3, -0.25) is 4.79 Å². The second-order valence-electron chi connectivity index (χ2n) is 2.81. The molecule has 0 aliphatic heterocycles. The van der Waals surface area contributed by atoms with Crippen molar-refractivity contribution in [2.45, 2.75) is 6.92 Å². The number of aryl methyl sites for hydroxylation is 1. The van der Waals surface area contributed by atoms with Gasteiger partial charge in [-0.05, 0) is 18.6 Å². The normalized spacial score (nSPS) is 10.0. The van der Waals surface area contributed by atoms with Gasteiger partial charge in [-0.1, -0.05) is 17.7 Å². The third-order valence-corrected chi connectivity index (χ3v) is 2.20. The Bertz CT molecular complexity index is 368. The Morgan fingerprint density at radius 2 is 2.29 bits per heavy atom. The number of halogens is 2. The number of nitrogens with one attached hydrogen (secondary N) is 1. The Kier molecular flexibility index (Phi) is 3.43. The first-order valence-electron chi connectivity index (χ1n) is 4.00. The molecule has 3 nitrogen and oxygen atoms in total. The number of carbonyl (C=O) groups is 1. The molecule has 0 radical (unpaired) electrons. The number of carbonyl (C=O) groups excluding carboxylic acids is 1. The number of hydrogen-bond donors (Lipinski definition) is 2. The minimum atomic E-state index is -0.631. The zero-order valence-electron chi connectivity index (χ0n) is 7.60. The molecule has 0 atom stereocenters. The van der Waals surface area contributed by atoms with Gasteiger partial charge in [0.1, 0.15) is 0 Å². The van der Waals surface area contributed by atoms with E-state index in [2.05, 4.69) is 5.32 Å². The van der Waals surface area contributed by atoms with Crippen molar-refractivity contribution < 1.29 is 9.18 Å². The SMILES string of the molecule is Cc1ccc(NC(=O)CN)c(F)c1Cl. The number of rotatable bonds is 2. The smallest absolute Gasteiger partial charge is 0.238 e. The van der Waals surface area contributed by atoms with Crippen LogP contribution in [0.3, 0.4) is 0 Å². The summed E-state index contributed by atoms with van der Waals surface area (Å²) in [5.74, 6) is -1.09. The van der Waals surface area contributed by atoms with Crippen LogP contribution in [0.5, 0.6) is 0 Å². The summed E-state index contributed by atoms with van der Waals surface area (Å²) >= 11 is 5.65. The Morgan fingerprint density at radius 3 is 2.86 bits per heavy atom. The molecule has 0 heterocycles. The van der Waals surface area contributed by atoms with Gasteiger partial charge in [0.15, 0.2) is 5.82 Å². The molecule has 76 valence electrons. The summed E-state index contributed by atoms with van der Waals surface area (Å²) in [5, 5.41) is 2.32. The third-order valence-electron chi connectivity index (χ3n) is 1.73. The zero-order valence-corrected chi connectivity index (χ0v) is 8.36. The van der Waals surface area contributed by atoms with Crippen molar-refractivity contribution in [1.29, 1.82) is 0 Å². The average Bonchev–Trinajstić information content (AvgIpc) is 2.19. The van der Waals surface area contributed by atoms with Gasteiger partial charge in [-0.2, -0.15) is 0 Å². The largest absolute Gasteiger partial charge is 0.322 e. The van der Waals surface area contributed by atoms with E-state index in [1.807, 2.05) is 0 Å². The average molecular weight is 217 g/mol. The maximum atomic E-state index is 13.4. The molecule has 0 aliphatic rings.